The third-order valence-corrected chi connectivity index (χ3v) is 5.04. The molecule has 1 aromatic heterocycles. The van der Waals surface area contributed by atoms with E-state index in [4.69, 9.17) is 21.1 Å². The fourth-order valence-corrected chi connectivity index (χ4v) is 3.41. The molecule has 0 radical (unpaired) electrons. The van der Waals surface area contributed by atoms with E-state index in [-0.39, 0.29) is 0 Å². The van der Waals surface area contributed by atoms with Gasteiger partial charge in [0.15, 0.2) is 11.0 Å². The number of thioether (sulfide) groups is 1. The van der Waals surface area contributed by atoms with Gasteiger partial charge in [-0.25, -0.2) is 9.97 Å². The Bertz CT molecular complexity index is 1100. The smallest absolute Gasteiger partial charge is 0.189 e. The first kappa shape index (κ1) is 20.8. The second-order valence-electron chi connectivity index (χ2n) is 6.08. The van der Waals surface area contributed by atoms with Gasteiger partial charge in [0.05, 0.1) is 30.6 Å². The van der Waals surface area contributed by atoms with Crippen LogP contribution in [0.4, 0.5) is 11.5 Å². The third-order valence-electron chi connectivity index (χ3n) is 4.20. The van der Waals surface area contributed by atoms with Crippen molar-refractivity contribution in [2.75, 3.05) is 25.8 Å². The molecule has 0 saturated carbocycles. The summed E-state index contributed by atoms with van der Waals surface area (Å²) in [5.74, 6) is 1.36. The molecule has 0 spiro atoms. The fraction of sp³-hybridized carbons (Fsp3) is 0.190. The lowest BCUT2D eigenvalue weighted by atomic mass is 10.0. The van der Waals surface area contributed by atoms with E-state index >= 15 is 0 Å². The van der Waals surface area contributed by atoms with E-state index in [2.05, 4.69) is 21.4 Å². The van der Waals surface area contributed by atoms with Gasteiger partial charge in [0, 0.05) is 17.7 Å². The van der Waals surface area contributed by atoms with E-state index in [1.54, 1.807) is 19.2 Å². The summed E-state index contributed by atoms with van der Waals surface area (Å²) in [4.78, 5) is 9.09. The topological polar surface area (TPSA) is 80.1 Å². The van der Waals surface area contributed by atoms with Gasteiger partial charge in [-0.2, -0.15) is 5.26 Å². The van der Waals surface area contributed by atoms with Crippen molar-refractivity contribution in [2.24, 2.45) is 0 Å². The van der Waals surface area contributed by atoms with Crippen LogP contribution in [0, 0.1) is 18.3 Å². The Labute approximate surface area is 178 Å². The number of aryl methyl sites for hydroxylation is 1. The Morgan fingerprint density at radius 2 is 1.86 bits per heavy atom. The molecule has 6 nitrogen and oxygen atoms in total. The minimum Gasteiger partial charge on any atom is -0.495 e. The van der Waals surface area contributed by atoms with Crippen molar-refractivity contribution >= 4 is 34.9 Å². The minimum atomic E-state index is 0.337. The molecular weight excluding hydrogens is 408 g/mol. The van der Waals surface area contributed by atoms with Crippen LogP contribution in [0.3, 0.4) is 0 Å². The zero-order chi connectivity index (χ0) is 21.0. The Morgan fingerprint density at radius 3 is 2.48 bits per heavy atom. The highest BCUT2D eigenvalue weighted by molar-refractivity contribution is 7.98. The summed E-state index contributed by atoms with van der Waals surface area (Å²) in [6.07, 6.45) is 1.89. The summed E-state index contributed by atoms with van der Waals surface area (Å²) in [6.45, 7) is 2.00. The normalized spacial score (nSPS) is 10.3. The molecule has 2 aromatic carbocycles. The number of methoxy groups -OCH3 is 2. The van der Waals surface area contributed by atoms with Crippen LogP contribution in [0.2, 0.25) is 5.02 Å². The molecule has 29 heavy (non-hydrogen) atoms. The molecule has 0 fully saturated rings. The fourth-order valence-electron chi connectivity index (χ4n) is 2.81. The van der Waals surface area contributed by atoms with Crippen molar-refractivity contribution in [3.63, 3.8) is 0 Å². The van der Waals surface area contributed by atoms with Crippen molar-refractivity contribution < 1.29 is 9.47 Å². The highest BCUT2D eigenvalue weighted by Crippen LogP contribution is 2.38. The first-order valence-electron chi connectivity index (χ1n) is 8.62. The van der Waals surface area contributed by atoms with Crippen LogP contribution in [0.5, 0.6) is 11.5 Å². The monoisotopic (exact) mass is 426 g/mol. The summed E-state index contributed by atoms with van der Waals surface area (Å²) in [6, 6.07) is 13.4. The SMILES string of the molecule is COc1cc(Nc2nc(SC)nc(-c3cccc(C)c3)c2C#N)c(OC)cc1Cl. The second-order valence-corrected chi connectivity index (χ2v) is 7.26. The summed E-state index contributed by atoms with van der Waals surface area (Å²) < 4.78 is 10.7. The van der Waals surface area contributed by atoms with Gasteiger partial charge >= 0.3 is 0 Å². The molecule has 0 aliphatic rings. The first-order valence-corrected chi connectivity index (χ1v) is 10.2. The third kappa shape index (κ3) is 4.39. The Balaban J connectivity index is 2.18. The van der Waals surface area contributed by atoms with Crippen molar-refractivity contribution in [3.05, 3.63) is 52.5 Å². The van der Waals surface area contributed by atoms with Gasteiger partial charge in [-0.1, -0.05) is 47.1 Å². The minimum absolute atomic E-state index is 0.337. The predicted octanol–water partition coefficient (Wildman–Crippen LogP) is 5.46. The molecular formula is C21H19ClN4O2S. The summed E-state index contributed by atoms with van der Waals surface area (Å²) in [7, 11) is 3.07. The quantitative estimate of drug-likeness (QED) is 0.414. The Hall–Kier alpha value is -2.95. The average Bonchev–Trinajstić information content (AvgIpc) is 2.73. The molecule has 148 valence electrons. The lowest BCUT2D eigenvalue weighted by molar-refractivity contribution is 0.405. The molecule has 0 saturated heterocycles. The number of nitriles is 1. The number of halogens is 1. The zero-order valence-electron chi connectivity index (χ0n) is 16.4. The van der Waals surface area contributed by atoms with Crippen LogP contribution in [0.15, 0.2) is 41.6 Å². The molecule has 0 atom stereocenters. The number of hydrogen-bond acceptors (Lipinski definition) is 7. The van der Waals surface area contributed by atoms with Gasteiger partial charge in [0.1, 0.15) is 23.1 Å². The van der Waals surface area contributed by atoms with Crippen LogP contribution in [-0.4, -0.2) is 30.4 Å². The van der Waals surface area contributed by atoms with Crippen LogP contribution in [-0.2, 0) is 0 Å². The maximum Gasteiger partial charge on any atom is 0.189 e. The van der Waals surface area contributed by atoms with Crippen molar-refractivity contribution in [1.29, 1.82) is 5.26 Å². The van der Waals surface area contributed by atoms with Gasteiger partial charge in [-0.15, -0.1) is 0 Å². The van der Waals surface area contributed by atoms with Gasteiger partial charge < -0.3 is 14.8 Å². The van der Waals surface area contributed by atoms with Gasteiger partial charge in [-0.05, 0) is 19.2 Å². The highest BCUT2D eigenvalue weighted by Gasteiger charge is 2.18. The van der Waals surface area contributed by atoms with E-state index in [1.165, 1.54) is 18.9 Å². The molecule has 0 amide bonds. The van der Waals surface area contributed by atoms with Gasteiger partial charge in [-0.3, -0.25) is 0 Å². The number of hydrogen-bond donors (Lipinski definition) is 1. The summed E-state index contributed by atoms with van der Waals surface area (Å²) >= 11 is 7.59. The Morgan fingerprint density at radius 1 is 1.10 bits per heavy atom. The highest BCUT2D eigenvalue weighted by atomic mass is 35.5. The van der Waals surface area contributed by atoms with E-state index in [0.29, 0.717) is 44.4 Å². The van der Waals surface area contributed by atoms with E-state index < -0.39 is 0 Å². The molecule has 8 heteroatoms. The maximum absolute atomic E-state index is 9.89. The molecule has 1 N–H and O–H groups in total. The molecule has 0 aliphatic carbocycles. The van der Waals surface area contributed by atoms with Crippen LogP contribution in [0.1, 0.15) is 11.1 Å². The number of nitrogens with one attached hydrogen (secondary N) is 1. The number of aromatic nitrogens is 2. The molecule has 3 aromatic rings. The number of nitrogens with zero attached hydrogens (tertiary/aromatic N) is 3. The van der Waals surface area contributed by atoms with Crippen LogP contribution < -0.4 is 14.8 Å². The molecule has 0 aliphatic heterocycles. The van der Waals surface area contributed by atoms with E-state index in [0.717, 1.165) is 11.1 Å². The van der Waals surface area contributed by atoms with Gasteiger partial charge in [0.25, 0.3) is 0 Å². The van der Waals surface area contributed by atoms with Crippen molar-refractivity contribution in [2.45, 2.75) is 12.1 Å². The first-order chi connectivity index (χ1) is 14.0. The van der Waals surface area contributed by atoms with Gasteiger partial charge in [0.2, 0.25) is 0 Å². The van der Waals surface area contributed by atoms with Crippen LogP contribution >= 0.6 is 23.4 Å². The van der Waals surface area contributed by atoms with Crippen LogP contribution in [0.25, 0.3) is 11.3 Å². The Kier molecular flexibility index (Phi) is 6.47. The molecule has 0 unspecified atom stereocenters. The lowest BCUT2D eigenvalue weighted by Crippen LogP contribution is -2.05. The molecule has 1 heterocycles. The molecule has 3 rings (SSSR count). The van der Waals surface area contributed by atoms with E-state index in [9.17, 15) is 5.26 Å². The number of ether oxygens (including phenoxy) is 2. The largest absolute Gasteiger partial charge is 0.495 e. The van der Waals surface area contributed by atoms with E-state index in [1.807, 2.05) is 37.4 Å². The summed E-state index contributed by atoms with van der Waals surface area (Å²) in [5, 5.41) is 14.0. The number of anilines is 2. The van der Waals surface area contributed by atoms with Crippen molar-refractivity contribution in [1.82, 2.24) is 9.97 Å². The predicted molar refractivity (Wildman–Crippen MR) is 117 cm³/mol. The maximum atomic E-state index is 9.89. The number of benzene rings is 2. The summed E-state index contributed by atoms with van der Waals surface area (Å²) in [5.41, 5.74) is 3.41. The van der Waals surface area contributed by atoms with Crippen molar-refractivity contribution in [3.8, 4) is 28.8 Å². The number of rotatable bonds is 6. The standard InChI is InChI=1S/C21H19ClN4O2S/c1-12-6-5-7-13(8-12)19-14(11-23)20(26-21(25-19)29-4)24-16-10-17(27-2)15(22)9-18(16)28-3/h5-10H,1-4H3,(H,24,25,26). The zero-order valence-corrected chi connectivity index (χ0v) is 18.0. The average molecular weight is 427 g/mol. The second kappa shape index (κ2) is 9.03. The lowest BCUT2D eigenvalue weighted by Gasteiger charge is -2.16. The molecule has 0 bridgehead atoms.